The molecule has 2 aliphatic heterocycles. The van der Waals surface area contributed by atoms with Gasteiger partial charge in [0, 0.05) is 23.7 Å². The fourth-order valence-corrected chi connectivity index (χ4v) is 5.28. The average Bonchev–Trinajstić information content (AvgIpc) is 3.05. The maximum atomic E-state index is 13.8. The second-order valence-corrected chi connectivity index (χ2v) is 8.98. The average molecular weight is 438 g/mol. The number of carbonyl (C=O) groups is 2. The number of hydrogen-bond donors (Lipinski definition) is 1. The molecule has 2 amide bonds. The van der Waals surface area contributed by atoms with Crippen molar-refractivity contribution in [1.29, 1.82) is 0 Å². The van der Waals surface area contributed by atoms with Gasteiger partial charge in [-0.15, -0.1) is 0 Å². The molecule has 32 heavy (non-hydrogen) atoms. The zero-order chi connectivity index (χ0) is 22.7. The normalized spacial score (nSPS) is 21.1. The second kappa shape index (κ2) is 9.82. The van der Waals surface area contributed by atoms with E-state index in [0.717, 1.165) is 37.1 Å². The number of rotatable bonds is 8. The molecular weight excluding hydrogens is 405 g/mol. The van der Waals surface area contributed by atoms with Crippen LogP contribution in [0, 0.1) is 5.82 Å². The third-order valence-electron chi connectivity index (χ3n) is 6.95. The molecule has 6 heteroatoms. The van der Waals surface area contributed by atoms with E-state index in [1.165, 1.54) is 37.8 Å². The Balaban J connectivity index is 1.54. The molecular formula is C26H32FN3O2. The molecule has 0 spiro atoms. The van der Waals surface area contributed by atoms with E-state index >= 15 is 0 Å². The summed E-state index contributed by atoms with van der Waals surface area (Å²) in [7, 11) is 0. The van der Waals surface area contributed by atoms with Gasteiger partial charge in [-0.2, -0.15) is 0 Å². The maximum absolute atomic E-state index is 13.8. The van der Waals surface area contributed by atoms with Crippen molar-refractivity contribution >= 4 is 11.8 Å². The molecule has 2 aromatic carbocycles. The van der Waals surface area contributed by atoms with Crippen LogP contribution in [0.4, 0.5) is 4.39 Å². The fraction of sp³-hybridized carbons (Fsp3) is 0.462. The summed E-state index contributed by atoms with van der Waals surface area (Å²) in [5, 5.41) is 0. The van der Waals surface area contributed by atoms with Gasteiger partial charge < -0.3 is 15.5 Å². The smallest absolute Gasteiger partial charge is 0.255 e. The molecule has 2 heterocycles. The quantitative estimate of drug-likeness (QED) is 0.653. The number of piperidine rings is 1. The first-order valence-electron chi connectivity index (χ1n) is 11.7. The van der Waals surface area contributed by atoms with Crippen LogP contribution in [0.3, 0.4) is 0 Å². The molecule has 2 unspecified atom stereocenters. The van der Waals surface area contributed by atoms with Crippen LogP contribution in [0.1, 0.15) is 83.3 Å². The van der Waals surface area contributed by atoms with E-state index in [4.69, 9.17) is 5.73 Å². The summed E-state index contributed by atoms with van der Waals surface area (Å²) in [6.45, 7) is 4.76. The van der Waals surface area contributed by atoms with Crippen LogP contribution in [0.15, 0.2) is 42.5 Å². The minimum absolute atomic E-state index is 0.0902. The number of nitrogens with two attached hydrogens (primary N) is 1. The lowest BCUT2D eigenvalue weighted by molar-refractivity contribution is 0.0690. The Kier molecular flexibility index (Phi) is 6.89. The summed E-state index contributed by atoms with van der Waals surface area (Å²) in [4.78, 5) is 29.4. The lowest BCUT2D eigenvalue weighted by Crippen LogP contribution is -2.39. The summed E-state index contributed by atoms with van der Waals surface area (Å²) in [5.41, 5.74) is 8.00. The van der Waals surface area contributed by atoms with Gasteiger partial charge in [0.1, 0.15) is 5.82 Å². The standard InChI is InChI=1S/C26H32FN3O2/c1-2-21-9-3-4-13-29(21)14-6-10-24-22-12-11-19(25(28)31)16-23(22)26(32)30(24)17-18-7-5-8-20(27)15-18/h5,7-8,11-12,15-16,21,24H,2-4,6,9-10,13-14,17H2,1H3,(H2,28,31). The predicted molar refractivity (Wildman–Crippen MR) is 123 cm³/mol. The first-order valence-corrected chi connectivity index (χ1v) is 11.7. The predicted octanol–water partition coefficient (Wildman–Crippen LogP) is 4.67. The van der Waals surface area contributed by atoms with Crippen LogP contribution < -0.4 is 5.73 Å². The van der Waals surface area contributed by atoms with Crippen molar-refractivity contribution in [2.24, 2.45) is 5.73 Å². The topological polar surface area (TPSA) is 66.6 Å². The highest BCUT2D eigenvalue weighted by atomic mass is 19.1. The van der Waals surface area contributed by atoms with Crippen molar-refractivity contribution in [2.45, 2.75) is 64.1 Å². The van der Waals surface area contributed by atoms with Crippen molar-refractivity contribution in [3.63, 3.8) is 0 Å². The highest BCUT2D eigenvalue weighted by molar-refractivity contribution is 6.02. The Bertz CT molecular complexity index is 993. The molecule has 0 bridgehead atoms. The Morgan fingerprint density at radius 2 is 2.03 bits per heavy atom. The van der Waals surface area contributed by atoms with E-state index in [9.17, 15) is 14.0 Å². The van der Waals surface area contributed by atoms with Crippen molar-refractivity contribution in [3.8, 4) is 0 Å². The van der Waals surface area contributed by atoms with Crippen molar-refractivity contribution in [2.75, 3.05) is 13.1 Å². The van der Waals surface area contributed by atoms with E-state index in [-0.39, 0.29) is 17.8 Å². The van der Waals surface area contributed by atoms with Crippen LogP contribution in [0.5, 0.6) is 0 Å². The Morgan fingerprint density at radius 3 is 2.78 bits per heavy atom. The summed E-state index contributed by atoms with van der Waals surface area (Å²) in [6.07, 6.45) is 6.81. The van der Waals surface area contributed by atoms with E-state index in [2.05, 4.69) is 11.8 Å². The third-order valence-corrected chi connectivity index (χ3v) is 6.95. The van der Waals surface area contributed by atoms with E-state index in [1.807, 2.05) is 17.0 Å². The fourth-order valence-electron chi connectivity index (χ4n) is 5.28. The highest BCUT2D eigenvalue weighted by Gasteiger charge is 2.37. The van der Waals surface area contributed by atoms with Gasteiger partial charge in [0.15, 0.2) is 0 Å². The van der Waals surface area contributed by atoms with Gasteiger partial charge >= 0.3 is 0 Å². The second-order valence-electron chi connectivity index (χ2n) is 8.98. The largest absolute Gasteiger partial charge is 0.366 e. The summed E-state index contributed by atoms with van der Waals surface area (Å²) >= 11 is 0. The first-order chi connectivity index (χ1) is 15.5. The zero-order valence-electron chi connectivity index (χ0n) is 18.7. The molecule has 2 N–H and O–H groups in total. The lowest BCUT2D eigenvalue weighted by Gasteiger charge is -2.35. The summed E-state index contributed by atoms with van der Waals surface area (Å²) in [5.74, 6) is -0.979. The Labute approximate surface area is 189 Å². The molecule has 5 nitrogen and oxygen atoms in total. The maximum Gasteiger partial charge on any atom is 0.255 e. The Morgan fingerprint density at radius 1 is 1.19 bits per heavy atom. The molecule has 1 fully saturated rings. The van der Waals surface area contributed by atoms with Gasteiger partial charge in [0.05, 0.1) is 6.04 Å². The van der Waals surface area contributed by atoms with Crippen LogP contribution in [-0.4, -0.2) is 40.7 Å². The van der Waals surface area contributed by atoms with Crippen LogP contribution in [-0.2, 0) is 6.54 Å². The number of halogens is 1. The molecule has 0 aromatic heterocycles. The van der Waals surface area contributed by atoms with E-state index in [0.29, 0.717) is 23.7 Å². The number of carbonyl (C=O) groups excluding carboxylic acids is 2. The number of hydrogen-bond acceptors (Lipinski definition) is 3. The number of fused-ring (bicyclic) bond motifs is 1. The molecule has 0 radical (unpaired) electrons. The van der Waals surface area contributed by atoms with Gasteiger partial charge in [0.25, 0.3) is 5.91 Å². The van der Waals surface area contributed by atoms with Crippen LogP contribution >= 0.6 is 0 Å². The summed E-state index contributed by atoms with van der Waals surface area (Å²) < 4.78 is 13.8. The monoisotopic (exact) mass is 437 g/mol. The Hall–Kier alpha value is -2.73. The molecule has 4 rings (SSSR count). The minimum atomic E-state index is -0.545. The SMILES string of the molecule is CCC1CCCCN1CCCC1c2ccc(C(N)=O)cc2C(=O)N1Cc1cccc(F)c1. The zero-order valence-corrected chi connectivity index (χ0v) is 18.7. The molecule has 0 aliphatic carbocycles. The number of primary amides is 1. The van der Waals surface area contributed by atoms with Crippen molar-refractivity contribution in [3.05, 3.63) is 70.5 Å². The van der Waals surface area contributed by atoms with Gasteiger partial charge in [0.2, 0.25) is 5.91 Å². The number of nitrogens with zero attached hydrogens (tertiary/aromatic N) is 2. The lowest BCUT2D eigenvalue weighted by atomic mass is 9.97. The van der Waals surface area contributed by atoms with Gasteiger partial charge in [-0.05, 0) is 80.6 Å². The van der Waals surface area contributed by atoms with E-state index in [1.54, 1.807) is 18.2 Å². The molecule has 170 valence electrons. The first kappa shape index (κ1) is 22.5. The molecule has 2 aromatic rings. The van der Waals surface area contributed by atoms with Gasteiger partial charge in [-0.3, -0.25) is 9.59 Å². The van der Waals surface area contributed by atoms with Crippen LogP contribution in [0.25, 0.3) is 0 Å². The highest BCUT2D eigenvalue weighted by Crippen LogP contribution is 2.38. The molecule has 2 aliphatic rings. The van der Waals surface area contributed by atoms with Gasteiger partial charge in [-0.25, -0.2) is 4.39 Å². The van der Waals surface area contributed by atoms with Crippen LogP contribution in [0.2, 0.25) is 0 Å². The summed E-state index contributed by atoms with van der Waals surface area (Å²) in [6, 6.07) is 12.1. The third kappa shape index (κ3) is 4.70. The molecule has 2 atom stereocenters. The molecule has 0 saturated carbocycles. The number of likely N-dealkylation sites (tertiary alicyclic amines) is 1. The van der Waals surface area contributed by atoms with E-state index < -0.39 is 5.91 Å². The number of benzene rings is 2. The number of amides is 2. The van der Waals surface area contributed by atoms with Crippen molar-refractivity contribution in [1.82, 2.24) is 9.80 Å². The minimum Gasteiger partial charge on any atom is -0.366 e. The molecule has 1 saturated heterocycles. The van der Waals surface area contributed by atoms with Crippen molar-refractivity contribution < 1.29 is 14.0 Å². The van der Waals surface area contributed by atoms with Gasteiger partial charge in [-0.1, -0.05) is 31.5 Å².